The maximum atomic E-state index is 12.9. The van der Waals surface area contributed by atoms with Gasteiger partial charge in [-0.3, -0.25) is 4.79 Å². The molecule has 1 aromatic rings. The molecule has 0 aromatic heterocycles. The lowest BCUT2D eigenvalue weighted by Gasteiger charge is -2.34. The van der Waals surface area contributed by atoms with Crippen molar-refractivity contribution in [3.05, 3.63) is 30.3 Å². The first-order valence-electron chi connectivity index (χ1n) is 14.3. The molecule has 1 aromatic carbocycles. The van der Waals surface area contributed by atoms with Crippen molar-refractivity contribution in [1.29, 1.82) is 0 Å². The van der Waals surface area contributed by atoms with E-state index < -0.39 is 11.7 Å². The summed E-state index contributed by atoms with van der Waals surface area (Å²) in [5.74, 6) is 1.62. The van der Waals surface area contributed by atoms with Crippen LogP contribution in [0.25, 0.3) is 5.57 Å². The molecule has 39 heavy (non-hydrogen) atoms. The zero-order valence-corrected chi connectivity index (χ0v) is 27.2. The predicted octanol–water partition coefficient (Wildman–Crippen LogP) is 7.06. The van der Waals surface area contributed by atoms with Gasteiger partial charge in [-0.1, -0.05) is 53.3 Å². The number of carbonyl (C=O) groups excluding carboxylic acids is 2. The van der Waals surface area contributed by atoms with E-state index in [1.807, 2.05) is 26.8 Å². The first kappa shape index (κ1) is 35.1. The van der Waals surface area contributed by atoms with E-state index >= 15 is 0 Å². The van der Waals surface area contributed by atoms with Gasteiger partial charge in [0, 0.05) is 37.4 Å². The van der Waals surface area contributed by atoms with Gasteiger partial charge in [0.1, 0.15) is 17.1 Å². The van der Waals surface area contributed by atoms with Crippen LogP contribution in [-0.2, 0) is 14.3 Å². The van der Waals surface area contributed by atoms with Crippen LogP contribution >= 0.6 is 9.24 Å². The van der Waals surface area contributed by atoms with Crippen LogP contribution in [0.4, 0.5) is 4.79 Å². The van der Waals surface area contributed by atoms with Crippen molar-refractivity contribution in [2.45, 2.75) is 93.2 Å². The molecule has 0 fully saturated rings. The first-order chi connectivity index (χ1) is 18.1. The summed E-state index contributed by atoms with van der Waals surface area (Å²) < 4.78 is 16.8. The Morgan fingerprint density at radius 1 is 1.00 bits per heavy atom. The Hall–Kier alpha value is -1.91. The van der Waals surface area contributed by atoms with Gasteiger partial charge in [-0.25, -0.2) is 4.79 Å². The molecule has 0 bridgehead atoms. The van der Waals surface area contributed by atoms with E-state index in [2.05, 4.69) is 67.9 Å². The normalized spacial score (nSPS) is 15.0. The van der Waals surface area contributed by atoms with Gasteiger partial charge in [0.05, 0.1) is 6.61 Å². The largest absolute Gasteiger partial charge is 0.493 e. The predicted molar refractivity (Wildman–Crippen MR) is 166 cm³/mol. The molecular formula is C32H54NO5P. The highest BCUT2D eigenvalue weighted by atomic mass is 31.0. The molecule has 0 spiro atoms. The summed E-state index contributed by atoms with van der Waals surface area (Å²) in [6, 6.07) is 5.98. The Labute approximate surface area is 240 Å². The van der Waals surface area contributed by atoms with Gasteiger partial charge in [-0.2, -0.15) is 0 Å². The number of nitrogens with one attached hydrogen (secondary N) is 1. The Balaban J connectivity index is 3.26. The van der Waals surface area contributed by atoms with Gasteiger partial charge in [-0.15, -0.1) is 9.24 Å². The number of allylic oxidation sites excluding steroid dienone is 1. The number of hydrogen-bond donors (Lipinski definition) is 1. The lowest BCUT2D eigenvalue weighted by Crippen LogP contribution is -2.44. The second-order valence-corrected chi connectivity index (χ2v) is 13.1. The lowest BCUT2D eigenvalue weighted by atomic mass is 9.75. The highest BCUT2D eigenvalue weighted by Crippen LogP contribution is 2.36. The van der Waals surface area contributed by atoms with Crippen molar-refractivity contribution in [3.63, 3.8) is 0 Å². The smallest absolute Gasteiger partial charge is 0.407 e. The number of amides is 1. The number of rotatable bonds is 16. The fourth-order valence-corrected chi connectivity index (χ4v) is 5.18. The number of ether oxygens (including phenoxy) is 3. The van der Waals surface area contributed by atoms with Gasteiger partial charge >= 0.3 is 6.09 Å². The number of methoxy groups -OCH3 is 1. The first-order valence-corrected chi connectivity index (χ1v) is 14.8. The third-order valence-corrected chi connectivity index (χ3v) is 7.71. The van der Waals surface area contributed by atoms with Gasteiger partial charge < -0.3 is 19.5 Å². The van der Waals surface area contributed by atoms with Gasteiger partial charge in [0.2, 0.25) is 0 Å². The van der Waals surface area contributed by atoms with Crippen LogP contribution in [0.1, 0.15) is 87.1 Å². The van der Waals surface area contributed by atoms with E-state index in [4.69, 9.17) is 14.2 Å². The zero-order valence-electron chi connectivity index (χ0n) is 26.1. The van der Waals surface area contributed by atoms with E-state index in [0.29, 0.717) is 26.1 Å². The highest BCUT2D eigenvalue weighted by molar-refractivity contribution is 7.27. The molecule has 0 aliphatic carbocycles. The summed E-state index contributed by atoms with van der Waals surface area (Å²) in [4.78, 5) is 25.3. The number of benzene rings is 1. The molecule has 1 N–H and O–H groups in total. The van der Waals surface area contributed by atoms with Crippen LogP contribution in [0, 0.1) is 29.6 Å². The fraction of sp³-hybridized carbons (Fsp3) is 0.688. The Morgan fingerprint density at radius 3 is 2.13 bits per heavy atom. The van der Waals surface area contributed by atoms with Crippen LogP contribution in [0.15, 0.2) is 24.8 Å². The molecule has 222 valence electrons. The number of ketones is 1. The number of carbonyl (C=O) groups is 2. The van der Waals surface area contributed by atoms with E-state index in [0.717, 1.165) is 28.6 Å². The molecule has 0 radical (unpaired) electrons. The minimum Gasteiger partial charge on any atom is -0.493 e. The summed E-state index contributed by atoms with van der Waals surface area (Å²) in [5.41, 5.74) is 1.43. The summed E-state index contributed by atoms with van der Waals surface area (Å²) in [6.45, 7) is 23.6. The van der Waals surface area contributed by atoms with Gasteiger partial charge in [0.25, 0.3) is 0 Å². The van der Waals surface area contributed by atoms with E-state index in [-0.39, 0.29) is 41.4 Å². The molecule has 0 saturated carbocycles. The van der Waals surface area contributed by atoms with E-state index in [1.54, 1.807) is 14.0 Å². The monoisotopic (exact) mass is 563 g/mol. The molecule has 2 unspecified atom stereocenters. The fourth-order valence-electron chi connectivity index (χ4n) is 4.91. The molecule has 7 heteroatoms. The second kappa shape index (κ2) is 16.4. The maximum Gasteiger partial charge on any atom is 0.407 e. The van der Waals surface area contributed by atoms with E-state index in [1.165, 1.54) is 0 Å². The molecular weight excluding hydrogens is 509 g/mol. The van der Waals surface area contributed by atoms with Crippen molar-refractivity contribution in [1.82, 2.24) is 5.32 Å². The average molecular weight is 564 g/mol. The van der Waals surface area contributed by atoms with Crippen LogP contribution in [0.3, 0.4) is 0 Å². The molecule has 1 amide bonds. The Kier molecular flexibility index (Phi) is 14.7. The summed E-state index contributed by atoms with van der Waals surface area (Å²) in [5, 5.41) is 4.15. The molecule has 6 nitrogen and oxygen atoms in total. The third kappa shape index (κ3) is 12.4. The molecule has 0 saturated heterocycles. The van der Waals surface area contributed by atoms with Crippen LogP contribution < -0.4 is 15.4 Å². The number of hydrogen-bond acceptors (Lipinski definition) is 5. The number of alkyl carbamates (subject to hydrolysis) is 1. The van der Waals surface area contributed by atoms with Crippen LogP contribution in [0.5, 0.6) is 5.75 Å². The molecule has 0 heterocycles. The molecule has 0 aliphatic heterocycles. The standard InChI is InChI=1S/C32H54NO5P/c1-20(2)26(23(6)25-13-14-30(39)29(18-25)37-16-12-15-36-11)19-28(33-31(35)38-32(8,9)10)22(5)17-27(21(3)4)24(7)34/h13-14,18,20-22,26-28H,6,12,15-17,19,39H2,1-5,7-11H3,(H,33,35)/t22?,26-,27-,28-/m0/s1. The maximum absolute atomic E-state index is 12.9. The Bertz CT molecular complexity index is 937. The second-order valence-electron chi connectivity index (χ2n) is 12.5. The summed E-state index contributed by atoms with van der Waals surface area (Å²) in [6.07, 6.45) is 1.77. The Morgan fingerprint density at radius 2 is 1.62 bits per heavy atom. The van der Waals surface area contributed by atoms with E-state index in [9.17, 15) is 9.59 Å². The summed E-state index contributed by atoms with van der Waals surface area (Å²) in [7, 11) is 4.42. The summed E-state index contributed by atoms with van der Waals surface area (Å²) >= 11 is 0. The highest BCUT2D eigenvalue weighted by Gasteiger charge is 2.32. The molecule has 5 atom stereocenters. The van der Waals surface area contributed by atoms with Crippen LogP contribution in [0.2, 0.25) is 0 Å². The minimum atomic E-state index is -0.599. The topological polar surface area (TPSA) is 73.9 Å². The van der Waals surface area contributed by atoms with Crippen molar-refractivity contribution in [3.8, 4) is 5.75 Å². The molecule has 0 aliphatic rings. The quantitative estimate of drug-likeness (QED) is 0.172. The number of Topliss-reactive ketones (excluding diaryl/α,β-unsaturated/α-hetero) is 1. The van der Waals surface area contributed by atoms with Crippen molar-refractivity contribution < 1.29 is 23.8 Å². The third-order valence-electron chi connectivity index (χ3n) is 7.24. The van der Waals surface area contributed by atoms with Crippen molar-refractivity contribution in [2.24, 2.45) is 29.6 Å². The van der Waals surface area contributed by atoms with Gasteiger partial charge in [0.15, 0.2) is 0 Å². The van der Waals surface area contributed by atoms with Gasteiger partial charge in [-0.05, 0) is 81.4 Å². The SMILES string of the molecule is C=C(c1ccc(P)c(OCCCOC)c1)[C@@H](C[C@H](NC(=O)OC(C)(C)C)C(C)C[C@H](C(C)=O)C(C)C)C(C)C. The van der Waals surface area contributed by atoms with Crippen molar-refractivity contribution in [2.75, 3.05) is 20.3 Å². The minimum absolute atomic E-state index is 0.0592. The average Bonchev–Trinajstić information content (AvgIpc) is 2.81. The molecule has 1 rings (SSSR count). The zero-order chi connectivity index (χ0) is 29.9. The van der Waals surface area contributed by atoms with Crippen molar-refractivity contribution >= 4 is 32.0 Å². The lowest BCUT2D eigenvalue weighted by molar-refractivity contribution is -0.122. The van der Waals surface area contributed by atoms with Crippen LogP contribution in [-0.4, -0.2) is 43.8 Å².